The molecule has 1 atom stereocenters. The Bertz CT molecular complexity index is 996. The van der Waals surface area contributed by atoms with Crippen LogP contribution < -0.4 is 16.0 Å². The Balaban J connectivity index is 2.16. The van der Waals surface area contributed by atoms with Gasteiger partial charge in [-0.25, -0.2) is 14.4 Å². The van der Waals surface area contributed by atoms with Crippen LogP contribution in [0.15, 0.2) is 48.5 Å². The van der Waals surface area contributed by atoms with E-state index >= 15 is 0 Å². The van der Waals surface area contributed by atoms with Gasteiger partial charge in [0.2, 0.25) is 5.91 Å². The van der Waals surface area contributed by atoms with Gasteiger partial charge in [0.15, 0.2) is 0 Å². The highest BCUT2D eigenvalue weighted by molar-refractivity contribution is 5.97. The summed E-state index contributed by atoms with van der Waals surface area (Å²) in [5, 5.41) is 16.8. The van der Waals surface area contributed by atoms with Crippen LogP contribution in [0.1, 0.15) is 36.7 Å². The Morgan fingerprint density at radius 3 is 1.94 bits per heavy atom. The van der Waals surface area contributed by atoms with E-state index < -0.39 is 35.7 Å². The van der Waals surface area contributed by atoms with E-state index in [2.05, 4.69) is 20.7 Å². The highest BCUT2D eigenvalue weighted by Crippen LogP contribution is 2.15. The quantitative estimate of drug-likeness (QED) is 0.497. The lowest BCUT2D eigenvalue weighted by molar-refractivity contribution is -0.118. The first-order valence-electron chi connectivity index (χ1n) is 10.0. The minimum absolute atomic E-state index is 0.0806. The van der Waals surface area contributed by atoms with Gasteiger partial charge < -0.3 is 25.2 Å². The molecule has 0 heterocycles. The number of anilines is 2. The number of aromatic carboxylic acids is 1. The predicted octanol–water partition coefficient (Wildman–Crippen LogP) is 3.64. The molecule has 0 saturated heterocycles. The van der Waals surface area contributed by atoms with Gasteiger partial charge in [-0.05, 0) is 62.7 Å². The number of carboxylic acids is 1. The zero-order chi connectivity index (χ0) is 24.6. The summed E-state index contributed by atoms with van der Waals surface area (Å²) in [6.07, 6.45) is -1.23. The van der Waals surface area contributed by atoms with Crippen molar-refractivity contribution >= 4 is 35.4 Å². The lowest BCUT2D eigenvalue weighted by atomic mass is 10.0. The number of amides is 3. The van der Waals surface area contributed by atoms with Crippen molar-refractivity contribution in [3.63, 3.8) is 0 Å². The third-order valence-corrected chi connectivity index (χ3v) is 4.23. The predicted molar refractivity (Wildman–Crippen MR) is 121 cm³/mol. The van der Waals surface area contributed by atoms with Gasteiger partial charge in [0.25, 0.3) is 0 Å². The van der Waals surface area contributed by atoms with Crippen LogP contribution in [0.5, 0.6) is 0 Å². The average Bonchev–Trinajstić information content (AvgIpc) is 2.73. The molecule has 33 heavy (non-hydrogen) atoms. The molecule has 0 saturated carbocycles. The van der Waals surface area contributed by atoms with Gasteiger partial charge in [-0.2, -0.15) is 0 Å². The van der Waals surface area contributed by atoms with Gasteiger partial charge in [-0.15, -0.1) is 0 Å². The third kappa shape index (κ3) is 8.52. The minimum atomic E-state index is -1.08. The first-order chi connectivity index (χ1) is 15.5. The molecule has 2 rings (SSSR count). The molecule has 4 N–H and O–H groups in total. The van der Waals surface area contributed by atoms with Gasteiger partial charge in [-0.1, -0.05) is 12.1 Å². The van der Waals surface area contributed by atoms with Crippen molar-refractivity contribution in [2.24, 2.45) is 0 Å². The second kappa shape index (κ2) is 11.0. The maximum absolute atomic E-state index is 12.9. The zero-order valence-electron chi connectivity index (χ0n) is 18.8. The summed E-state index contributed by atoms with van der Waals surface area (Å²) >= 11 is 0. The Hall–Kier alpha value is -4.08. The Kier molecular flexibility index (Phi) is 8.38. The van der Waals surface area contributed by atoms with Crippen molar-refractivity contribution < 1.29 is 33.8 Å². The van der Waals surface area contributed by atoms with Crippen molar-refractivity contribution in [2.45, 2.75) is 38.8 Å². The number of carbonyl (C=O) groups is 4. The van der Waals surface area contributed by atoms with Crippen molar-refractivity contribution in [1.82, 2.24) is 5.32 Å². The number of carboxylic acid groups (broad SMARTS) is 1. The number of methoxy groups -OCH3 is 1. The summed E-state index contributed by atoms with van der Waals surface area (Å²) in [5.74, 6) is -1.59. The number of carbonyl (C=O) groups excluding carboxylic acids is 3. The topological polar surface area (TPSA) is 143 Å². The standard InChI is InChI=1S/C23H27N3O7/c1-23(2,3)33-22(31)26-18(13-14-5-9-17(10-6-14)25-21(30)32-4)19(27)24-16-11-7-15(8-12-16)20(28)29/h5-12,18H,13H2,1-4H3,(H,24,27)(H,25,30)(H,26,31)(H,28,29)/t18-/m0/s1. The fourth-order valence-corrected chi connectivity index (χ4v) is 2.71. The number of rotatable bonds is 7. The molecule has 176 valence electrons. The molecule has 2 aromatic rings. The Labute approximate surface area is 191 Å². The van der Waals surface area contributed by atoms with E-state index in [4.69, 9.17) is 9.84 Å². The first-order valence-corrected chi connectivity index (χ1v) is 10.0. The summed E-state index contributed by atoms with van der Waals surface area (Å²) in [5.41, 5.74) is 0.919. The fraction of sp³-hybridized carbons (Fsp3) is 0.304. The number of alkyl carbamates (subject to hydrolysis) is 1. The molecule has 0 aliphatic rings. The summed E-state index contributed by atoms with van der Waals surface area (Å²) in [4.78, 5) is 47.5. The van der Waals surface area contributed by atoms with Crippen LogP contribution in [-0.4, -0.2) is 47.9 Å². The fourth-order valence-electron chi connectivity index (χ4n) is 2.71. The number of nitrogens with one attached hydrogen (secondary N) is 3. The molecule has 0 aliphatic carbocycles. The van der Waals surface area contributed by atoms with Crippen molar-refractivity contribution in [3.8, 4) is 0 Å². The van der Waals surface area contributed by atoms with Gasteiger partial charge >= 0.3 is 18.2 Å². The molecule has 0 bridgehead atoms. The van der Waals surface area contributed by atoms with E-state index in [0.717, 1.165) is 0 Å². The van der Waals surface area contributed by atoms with E-state index in [1.807, 2.05) is 0 Å². The molecule has 0 radical (unpaired) electrons. The molecule has 2 aromatic carbocycles. The van der Waals surface area contributed by atoms with Crippen LogP contribution in [0, 0.1) is 0 Å². The van der Waals surface area contributed by atoms with E-state index in [-0.39, 0.29) is 12.0 Å². The number of ether oxygens (including phenoxy) is 2. The maximum Gasteiger partial charge on any atom is 0.411 e. The monoisotopic (exact) mass is 457 g/mol. The van der Waals surface area contributed by atoms with E-state index in [1.54, 1.807) is 45.0 Å². The van der Waals surface area contributed by atoms with Crippen LogP contribution in [0.3, 0.4) is 0 Å². The average molecular weight is 457 g/mol. The SMILES string of the molecule is COC(=O)Nc1ccc(C[C@H](NC(=O)OC(C)(C)C)C(=O)Nc2ccc(C(=O)O)cc2)cc1. The molecule has 0 spiro atoms. The lowest BCUT2D eigenvalue weighted by Gasteiger charge is -2.23. The molecule has 0 unspecified atom stereocenters. The van der Waals surface area contributed by atoms with Crippen LogP contribution in [0.25, 0.3) is 0 Å². The van der Waals surface area contributed by atoms with Crippen LogP contribution in [0.4, 0.5) is 21.0 Å². The van der Waals surface area contributed by atoms with E-state index in [9.17, 15) is 19.2 Å². The van der Waals surface area contributed by atoms with Crippen molar-refractivity contribution in [1.29, 1.82) is 0 Å². The highest BCUT2D eigenvalue weighted by atomic mass is 16.6. The van der Waals surface area contributed by atoms with E-state index in [1.165, 1.54) is 31.4 Å². The normalized spacial score (nSPS) is 11.6. The zero-order valence-corrected chi connectivity index (χ0v) is 18.8. The smallest absolute Gasteiger partial charge is 0.411 e. The number of benzene rings is 2. The molecular weight excluding hydrogens is 430 g/mol. The summed E-state index contributed by atoms with van der Waals surface area (Å²) in [7, 11) is 1.25. The Morgan fingerprint density at radius 1 is 0.879 bits per heavy atom. The van der Waals surface area contributed by atoms with Crippen molar-refractivity contribution in [3.05, 3.63) is 59.7 Å². The summed E-state index contributed by atoms with van der Waals surface area (Å²) in [6.45, 7) is 5.12. The summed E-state index contributed by atoms with van der Waals surface area (Å²) in [6, 6.07) is 11.3. The van der Waals surface area contributed by atoms with Crippen LogP contribution in [0.2, 0.25) is 0 Å². The highest BCUT2D eigenvalue weighted by Gasteiger charge is 2.25. The lowest BCUT2D eigenvalue weighted by Crippen LogP contribution is -2.47. The first kappa shape index (κ1) is 25.2. The maximum atomic E-state index is 12.9. The molecule has 10 nitrogen and oxygen atoms in total. The molecule has 10 heteroatoms. The van der Waals surface area contributed by atoms with Gasteiger partial charge in [0, 0.05) is 17.8 Å². The largest absolute Gasteiger partial charge is 0.478 e. The molecule has 3 amide bonds. The van der Waals surface area contributed by atoms with Crippen molar-refractivity contribution in [2.75, 3.05) is 17.7 Å². The molecule has 0 aliphatic heterocycles. The number of hydrogen-bond donors (Lipinski definition) is 4. The molecular formula is C23H27N3O7. The third-order valence-electron chi connectivity index (χ3n) is 4.23. The van der Waals surface area contributed by atoms with Gasteiger partial charge in [0.1, 0.15) is 11.6 Å². The van der Waals surface area contributed by atoms with Crippen LogP contribution >= 0.6 is 0 Å². The minimum Gasteiger partial charge on any atom is -0.478 e. The molecule has 0 aromatic heterocycles. The second-order valence-electron chi connectivity index (χ2n) is 8.09. The van der Waals surface area contributed by atoms with Crippen LogP contribution in [-0.2, 0) is 20.7 Å². The van der Waals surface area contributed by atoms with E-state index in [0.29, 0.717) is 16.9 Å². The van der Waals surface area contributed by atoms with Gasteiger partial charge in [-0.3, -0.25) is 10.1 Å². The van der Waals surface area contributed by atoms with Gasteiger partial charge in [0.05, 0.1) is 12.7 Å². The Morgan fingerprint density at radius 2 is 1.42 bits per heavy atom. The summed E-state index contributed by atoms with van der Waals surface area (Å²) < 4.78 is 9.81. The second-order valence-corrected chi connectivity index (χ2v) is 8.09. The molecule has 0 fully saturated rings. The number of hydrogen-bond acceptors (Lipinski definition) is 6.